The van der Waals surface area contributed by atoms with Gasteiger partial charge >= 0.3 is 0 Å². The average molecular weight is 383 g/mol. The van der Waals surface area contributed by atoms with E-state index in [-0.39, 0.29) is 7.43 Å². The van der Waals surface area contributed by atoms with Crippen LogP contribution < -0.4 is 0 Å². The predicted octanol–water partition coefficient (Wildman–Crippen LogP) is 9.39. The lowest BCUT2D eigenvalue weighted by Gasteiger charge is -2.15. The second-order valence-corrected chi connectivity index (χ2v) is 5.84. The second kappa shape index (κ2) is 27.0. The zero-order valence-electron chi connectivity index (χ0n) is 18.7. The van der Waals surface area contributed by atoms with Gasteiger partial charge in [0.1, 0.15) is 0 Å². The molecule has 0 fully saturated rings. The van der Waals surface area contributed by atoms with Gasteiger partial charge < -0.3 is 0 Å². The number of terminal acetylenes is 1. The van der Waals surface area contributed by atoms with Gasteiger partial charge in [-0.2, -0.15) is 0 Å². The summed E-state index contributed by atoms with van der Waals surface area (Å²) in [6, 6.07) is 19.3. The summed E-state index contributed by atoms with van der Waals surface area (Å²) in [7, 11) is 0. The Labute approximate surface area is 178 Å². The third kappa shape index (κ3) is 18.5. The summed E-state index contributed by atoms with van der Waals surface area (Å²) < 4.78 is 0. The van der Waals surface area contributed by atoms with Crippen molar-refractivity contribution in [1.82, 2.24) is 0 Å². The van der Waals surface area contributed by atoms with E-state index in [4.69, 9.17) is 0 Å². The van der Waals surface area contributed by atoms with Crippen LogP contribution in [0.25, 0.3) is 0 Å². The second-order valence-electron chi connectivity index (χ2n) is 5.84. The molecule has 2 aromatic carbocycles. The Morgan fingerprint density at radius 2 is 1.07 bits per heavy atom. The third-order valence-corrected chi connectivity index (χ3v) is 3.76. The van der Waals surface area contributed by atoms with Gasteiger partial charge in [0.15, 0.2) is 0 Å². The zero-order valence-corrected chi connectivity index (χ0v) is 18.7. The van der Waals surface area contributed by atoms with Crippen molar-refractivity contribution >= 4 is 0 Å². The quantitative estimate of drug-likeness (QED) is 0.357. The molecule has 0 atom stereocenters. The summed E-state index contributed by atoms with van der Waals surface area (Å²) >= 11 is 0. The van der Waals surface area contributed by atoms with Crippen molar-refractivity contribution in [2.24, 2.45) is 0 Å². The highest BCUT2D eigenvalue weighted by molar-refractivity contribution is 5.24. The number of hydrogen-bond donors (Lipinski definition) is 0. The van der Waals surface area contributed by atoms with Crippen LogP contribution in [0.5, 0.6) is 0 Å². The van der Waals surface area contributed by atoms with Crippen molar-refractivity contribution in [3.63, 3.8) is 0 Å². The Balaban J connectivity index is -0.000000174. The highest BCUT2D eigenvalue weighted by Gasteiger charge is 2.08. The van der Waals surface area contributed by atoms with Crippen LogP contribution in [0.4, 0.5) is 0 Å². The van der Waals surface area contributed by atoms with Crippen molar-refractivity contribution in [2.45, 2.75) is 80.6 Å². The van der Waals surface area contributed by atoms with Gasteiger partial charge in [0.05, 0.1) is 0 Å². The lowest BCUT2D eigenvalue weighted by molar-refractivity contribution is 0.561. The van der Waals surface area contributed by atoms with E-state index in [0.717, 1.165) is 5.92 Å². The van der Waals surface area contributed by atoms with Crippen molar-refractivity contribution in [2.75, 3.05) is 0 Å². The minimum Gasteiger partial charge on any atom is -0.124 e. The van der Waals surface area contributed by atoms with Crippen molar-refractivity contribution in [3.05, 3.63) is 84.4 Å². The number of rotatable bonds is 5. The van der Waals surface area contributed by atoms with E-state index in [2.05, 4.69) is 90.1 Å². The van der Waals surface area contributed by atoms with Crippen LogP contribution in [0.2, 0.25) is 0 Å². The normalized spacial score (nSPS) is 8.04. The summed E-state index contributed by atoms with van der Waals surface area (Å²) in [5.41, 5.74) is 4.21. The Hall–Kier alpha value is -2.26. The molecule has 158 valence electrons. The Kier molecular flexibility index (Phi) is 32.1. The number of benzene rings is 2. The van der Waals surface area contributed by atoms with E-state index in [9.17, 15) is 0 Å². The van der Waals surface area contributed by atoms with Crippen LogP contribution >= 0.6 is 0 Å². The van der Waals surface area contributed by atoms with Crippen LogP contribution in [0.3, 0.4) is 0 Å². The predicted molar refractivity (Wildman–Crippen MR) is 134 cm³/mol. The molecule has 0 amide bonds. The molecule has 0 spiro atoms. The monoisotopic (exact) mass is 382 g/mol. The molecule has 0 nitrogen and oxygen atoms in total. The number of hydrogen-bond acceptors (Lipinski definition) is 0. The Bertz CT molecular complexity index is 513. The molecule has 2 aromatic rings. The van der Waals surface area contributed by atoms with Gasteiger partial charge in [0.2, 0.25) is 0 Å². The molecule has 0 radical (unpaired) electrons. The SMILES string of the molecule is C.C#C.C=C.CC.CCCC(CCC)c1ccc(C)cc1.Cc1ccccc1. The van der Waals surface area contributed by atoms with Crippen LogP contribution in [-0.2, 0) is 0 Å². The van der Waals surface area contributed by atoms with Gasteiger partial charge in [-0.05, 0) is 38.2 Å². The first-order chi connectivity index (χ1) is 13.2. The Morgan fingerprint density at radius 1 is 0.714 bits per heavy atom. The van der Waals surface area contributed by atoms with Gasteiger partial charge in [-0.1, -0.05) is 114 Å². The molecule has 0 aliphatic heterocycles. The Morgan fingerprint density at radius 3 is 1.36 bits per heavy atom. The van der Waals surface area contributed by atoms with Crippen LogP contribution in [0, 0.1) is 26.7 Å². The van der Waals surface area contributed by atoms with Crippen molar-refractivity contribution in [1.29, 1.82) is 0 Å². The summed E-state index contributed by atoms with van der Waals surface area (Å²) in [5.74, 6) is 0.783. The topological polar surface area (TPSA) is 0 Å². The van der Waals surface area contributed by atoms with Crippen LogP contribution in [0.15, 0.2) is 67.8 Å². The van der Waals surface area contributed by atoms with Crippen molar-refractivity contribution < 1.29 is 0 Å². The molecule has 0 aromatic heterocycles. The van der Waals surface area contributed by atoms with Gasteiger partial charge in [0, 0.05) is 0 Å². The fraction of sp³-hybridized carbons (Fsp3) is 0.429. The van der Waals surface area contributed by atoms with E-state index in [1.165, 1.54) is 42.4 Å². The molecular weight excluding hydrogens is 336 g/mol. The fourth-order valence-electron chi connectivity index (χ4n) is 2.55. The maximum absolute atomic E-state index is 4.00. The molecule has 0 bridgehead atoms. The zero-order chi connectivity index (χ0) is 21.5. The molecule has 0 unspecified atom stereocenters. The summed E-state index contributed by atoms with van der Waals surface area (Å²) in [6.45, 7) is 18.8. The first-order valence-electron chi connectivity index (χ1n) is 10.1. The van der Waals surface area contributed by atoms with Gasteiger partial charge in [-0.15, -0.1) is 26.0 Å². The largest absolute Gasteiger partial charge is 0.124 e. The van der Waals surface area contributed by atoms with E-state index in [0.29, 0.717) is 0 Å². The average Bonchev–Trinajstić information content (AvgIpc) is 2.74. The van der Waals surface area contributed by atoms with E-state index < -0.39 is 0 Å². The number of aryl methyl sites for hydroxylation is 2. The molecule has 2 rings (SSSR count). The molecule has 0 saturated heterocycles. The van der Waals surface area contributed by atoms with Gasteiger partial charge in [-0.3, -0.25) is 0 Å². The molecule has 0 heterocycles. The minimum absolute atomic E-state index is 0. The van der Waals surface area contributed by atoms with E-state index in [1.54, 1.807) is 0 Å². The molecule has 0 heteroatoms. The summed E-state index contributed by atoms with van der Waals surface area (Å²) in [5, 5.41) is 0. The molecule has 0 saturated carbocycles. The minimum atomic E-state index is 0. The van der Waals surface area contributed by atoms with Gasteiger partial charge in [0.25, 0.3) is 0 Å². The molecule has 0 aliphatic rings. The third-order valence-electron chi connectivity index (χ3n) is 3.76. The molecule has 28 heavy (non-hydrogen) atoms. The van der Waals surface area contributed by atoms with Crippen LogP contribution in [0.1, 0.15) is 83.4 Å². The van der Waals surface area contributed by atoms with Crippen molar-refractivity contribution in [3.8, 4) is 12.8 Å². The fourth-order valence-corrected chi connectivity index (χ4v) is 2.55. The lowest BCUT2D eigenvalue weighted by atomic mass is 9.90. The van der Waals surface area contributed by atoms with E-state index >= 15 is 0 Å². The van der Waals surface area contributed by atoms with Crippen LogP contribution in [-0.4, -0.2) is 0 Å². The molecule has 0 aliphatic carbocycles. The highest BCUT2D eigenvalue weighted by atomic mass is 14.1. The standard InChI is InChI=1S/C14H22.C7H8.C2H6.C2H4.C2H2.CH4/c1-4-6-13(7-5-2)14-10-8-12(3)9-11-14;1-7-5-3-2-4-6-7;3*1-2;/h8-11,13H,4-7H2,1-3H3;2-6H,1H3;1-2H3;1-2H2;1-2H;1H4. The lowest BCUT2D eigenvalue weighted by Crippen LogP contribution is -1.97. The van der Waals surface area contributed by atoms with Gasteiger partial charge in [-0.25, -0.2) is 0 Å². The first-order valence-corrected chi connectivity index (χ1v) is 10.1. The summed E-state index contributed by atoms with van der Waals surface area (Å²) in [4.78, 5) is 0. The smallest absolute Gasteiger partial charge is 0.0162 e. The maximum atomic E-state index is 4.00. The van der Waals surface area contributed by atoms with E-state index in [1.807, 2.05) is 32.0 Å². The highest BCUT2D eigenvalue weighted by Crippen LogP contribution is 2.26. The molecule has 0 N–H and O–H groups in total. The maximum Gasteiger partial charge on any atom is -0.0162 e. The summed E-state index contributed by atoms with van der Waals surface area (Å²) in [6.07, 6.45) is 13.2. The first kappa shape index (κ1) is 33.3. The molecular formula is C28H46.